The standard InChI is InChI=1S/C21H28FNO/c1-4-16-24-21(18-10-12-19(22)13-11-18)15-14-20(23(2)3)17-8-6-5-7-9-17/h5-13,20-21H,4,14-16H2,1-3H3. The molecule has 2 aromatic rings. The molecule has 130 valence electrons. The monoisotopic (exact) mass is 329 g/mol. The quantitative estimate of drug-likeness (QED) is 0.612. The van der Waals surface area contributed by atoms with Gasteiger partial charge in [-0.2, -0.15) is 0 Å². The van der Waals surface area contributed by atoms with Crippen molar-refractivity contribution in [1.29, 1.82) is 0 Å². The molecule has 0 radical (unpaired) electrons. The predicted octanol–water partition coefficient (Wildman–Crippen LogP) is 5.38. The van der Waals surface area contributed by atoms with Gasteiger partial charge in [0.1, 0.15) is 5.82 Å². The number of hydrogen-bond donors (Lipinski definition) is 0. The summed E-state index contributed by atoms with van der Waals surface area (Å²) in [7, 11) is 4.22. The SMILES string of the molecule is CCCOC(CCC(c1ccccc1)N(C)C)c1ccc(F)cc1. The molecule has 0 heterocycles. The Bertz CT molecular complexity index is 583. The summed E-state index contributed by atoms with van der Waals surface area (Å²) in [6, 6.07) is 17.6. The zero-order valence-corrected chi connectivity index (χ0v) is 14.9. The summed E-state index contributed by atoms with van der Waals surface area (Å²) in [5.74, 6) is -0.205. The van der Waals surface area contributed by atoms with Crippen molar-refractivity contribution in [1.82, 2.24) is 4.90 Å². The van der Waals surface area contributed by atoms with Crippen molar-refractivity contribution >= 4 is 0 Å². The molecule has 0 fully saturated rings. The van der Waals surface area contributed by atoms with Crippen molar-refractivity contribution < 1.29 is 9.13 Å². The lowest BCUT2D eigenvalue weighted by atomic mass is 9.96. The summed E-state index contributed by atoms with van der Waals surface area (Å²) >= 11 is 0. The fraction of sp³-hybridized carbons (Fsp3) is 0.429. The number of benzene rings is 2. The van der Waals surface area contributed by atoms with E-state index in [4.69, 9.17) is 4.74 Å². The van der Waals surface area contributed by atoms with Crippen molar-refractivity contribution in [2.75, 3.05) is 20.7 Å². The molecule has 0 aliphatic rings. The van der Waals surface area contributed by atoms with Gasteiger partial charge in [-0.25, -0.2) is 4.39 Å². The lowest BCUT2D eigenvalue weighted by Gasteiger charge is -2.27. The van der Waals surface area contributed by atoms with E-state index >= 15 is 0 Å². The summed E-state index contributed by atoms with van der Waals surface area (Å²) in [5, 5.41) is 0. The van der Waals surface area contributed by atoms with Crippen molar-refractivity contribution in [3.8, 4) is 0 Å². The summed E-state index contributed by atoms with van der Waals surface area (Å²) in [4.78, 5) is 2.25. The van der Waals surface area contributed by atoms with Crippen molar-refractivity contribution in [3.05, 3.63) is 71.5 Å². The fourth-order valence-electron chi connectivity index (χ4n) is 2.99. The summed E-state index contributed by atoms with van der Waals surface area (Å²) < 4.78 is 19.2. The van der Waals surface area contributed by atoms with Gasteiger partial charge in [-0.1, -0.05) is 49.4 Å². The van der Waals surface area contributed by atoms with Gasteiger partial charge in [0.15, 0.2) is 0 Å². The van der Waals surface area contributed by atoms with Crippen LogP contribution in [0.15, 0.2) is 54.6 Å². The molecule has 2 nitrogen and oxygen atoms in total. The van der Waals surface area contributed by atoms with Crippen LogP contribution in [0.2, 0.25) is 0 Å². The second-order valence-electron chi connectivity index (χ2n) is 6.38. The third-order valence-electron chi connectivity index (χ3n) is 4.27. The molecule has 24 heavy (non-hydrogen) atoms. The number of halogens is 1. The largest absolute Gasteiger partial charge is 0.374 e. The molecule has 0 saturated carbocycles. The average Bonchev–Trinajstić information content (AvgIpc) is 2.59. The molecular weight excluding hydrogens is 301 g/mol. The van der Waals surface area contributed by atoms with E-state index in [1.165, 1.54) is 17.7 Å². The Morgan fingerprint density at radius 3 is 2.17 bits per heavy atom. The van der Waals surface area contributed by atoms with Gasteiger partial charge in [0.2, 0.25) is 0 Å². The average molecular weight is 329 g/mol. The van der Waals surface area contributed by atoms with Gasteiger partial charge in [0.05, 0.1) is 6.10 Å². The molecule has 0 aliphatic carbocycles. The first-order chi connectivity index (χ1) is 11.6. The van der Waals surface area contributed by atoms with E-state index in [0.29, 0.717) is 6.04 Å². The van der Waals surface area contributed by atoms with Crippen LogP contribution in [0, 0.1) is 5.82 Å². The van der Waals surface area contributed by atoms with Crippen LogP contribution < -0.4 is 0 Å². The van der Waals surface area contributed by atoms with Gasteiger partial charge in [-0.3, -0.25) is 0 Å². The van der Waals surface area contributed by atoms with Crippen LogP contribution in [0.3, 0.4) is 0 Å². The molecule has 0 bridgehead atoms. The normalized spacial score (nSPS) is 13.9. The minimum absolute atomic E-state index is 0.0108. The zero-order chi connectivity index (χ0) is 17.4. The van der Waals surface area contributed by atoms with Crippen LogP contribution in [-0.4, -0.2) is 25.6 Å². The van der Waals surface area contributed by atoms with E-state index in [2.05, 4.69) is 50.2 Å². The third-order valence-corrected chi connectivity index (χ3v) is 4.27. The predicted molar refractivity (Wildman–Crippen MR) is 97.5 cm³/mol. The Labute approximate surface area is 145 Å². The van der Waals surface area contributed by atoms with Gasteiger partial charge in [0, 0.05) is 12.6 Å². The molecule has 0 N–H and O–H groups in total. The maximum absolute atomic E-state index is 13.2. The fourth-order valence-corrected chi connectivity index (χ4v) is 2.99. The summed E-state index contributed by atoms with van der Waals surface area (Å²) in [6.45, 7) is 2.83. The lowest BCUT2D eigenvalue weighted by Crippen LogP contribution is -2.21. The first kappa shape index (κ1) is 18.6. The van der Waals surface area contributed by atoms with E-state index in [1.807, 2.05) is 18.2 Å². The van der Waals surface area contributed by atoms with Crippen molar-refractivity contribution in [2.45, 2.75) is 38.3 Å². The number of ether oxygens (including phenoxy) is 1. The van der Waals surface area contributed by atoms with E-state index in [-0.39, 0.29) is 11.9 Å². The van der Waals surface area contributed by atoms with Crippen molar-refractivity contribution in [2.24, 2.45) is 0 Å². The molecule has 0 aliphatic heterocycles. The Balaban J connectivity index is 2.08. The Morgan fingerprint density at radius 2 is 1.58 bits per heavy atom. The minimum atomic E-state index is -0.205. The molecule has 2 unspecified atom stereocenters. The van der Waals surface area contributed by atoms with Gasteiger partial charge < -0.3 is 9.64 Å². The number of rotatable bonds is 9. The van der Waals surface area contributed by atoms with Crippen LogP contribution in [0.25, 0.3) is 0 Å². The van der Waals surface area contributed by atoms with E-state index in [9.17, 15) is 4.39 Å². The molecular formula is C21H28FNO. The molecule has 0 aromatic heterocycles. The van der Waals surface area contributed by atoms with Gasteiger partial charge >= 0.3 is 0 Å². The molecule has 0 amide bonds. The number of hydrogen-bond acceptors (Lipinski definition) is 2. The smallest absolute Gasteiger partial charge is 0.123 e. The maximum atomic E-state index is 13.2. The van der Waals surface area contributed by atoms with Crippen LogP contribution >= 0.6 is 0 Å². The molecule has 2 rings (SSSR count). The highest BCUT2D eigenvalue weighted by atomic mass is 19.1. The van der Waals surface area contributed by atoms with Crippen LogP contribution in [0.4, 0.5) is 4.39 Å². The highest BCUT2D eigenvalue weighted by molar-refractivity contribution is 5.21. The van der Waals surface area contributed by atoms with Gasteiger partial charge in [-0.15, -0.1) is 0 Å². The van der Waals surface area contributed by atoms with Crippen molar-refractivity contribution in [3.63, 3.8) is 0 Å². The first-order valence-corrected chi connectivity index (χ1v) is 8.70. The number of nitrogens with zero attached hydrogens (tertiary/aromatic N) is 1. The third kappa shape index (κ3) is 5.43. The highest BCUT2D eigenvalue weighted by Crippen LogP contribution is 2.30. The minimum Gasteiger partial charge on any atom is -0.374 e. The van der Waals surface area contributed by atoms with E-state index < -0.39 is 0 Å². The Morgan fingerprint density at radius 1 is 0.917 bits per heavy atom. The van der Waals surface area contributed by atoms with E-state index in [0.717, 1.165) is 31.4 Å². The highest BCUT2D eigenvalue weighted by Gasteiger charge is 2.18. The van der Waals surface area contributed by atoms with Crippen LogP contribution in [0.5, 0.6) is 0 Å². The first-order valence-electron chi connectivity index (χ1n) is 8.70. The lowest BCUT2D eigenvalue weighted by molar-refractivity contribution is 0.0406. The second kappa shape index (κ2) is 9.55. The topological polar surface area (TPSA) is 12.5 Å². The Kier molecular flexibility index (Phi) is 7.41. The van der Waals surface area contributed by atoms with Gasteiger partial charge in [0.25, 0.3) is 0 Å². The summed E-state index contributed by atoms with van der Waals surface area (Å²) in [6.07, 6.45) is 2.89. The molecule has 0 saturated heterocycles. The summed E-state index contributed by atoms with van der Waals surface area (Å²) in [5.41, 5.74) is 2.37. The zero-order valence-electron chi connectivity index (χ0n) is 14.9. The van der Waals surface area contributed by atoms with Gasteiger partial charge in [-0.05, 0) is 56.6 Å². The second-order valence-corrected chi connectivity index (χ2v) is 6.38. The molecule has 2 atom stereocenters. The maximum Gasteiger partial charge on any atom is 0.123 e. The van der Waals surface area contributed by atoms with Crippen LogP contribution in [-0.2, 0) is 4.74 Å². The van der Waals surface area contributed by atoms with E-state index in [1.54, 1.807) is 0 Å². The molecule has 3 heteroatoms. The molecule has 0 spiro atoms. The Hall–Kier alpha value is -1.71. The molecule has 2 aromatic carbocycles. The van der Waals surface area contributed by atoms with Crippen LogP contribution in [0.1, 0.15) is 49.5 Å².